The van der Waals surface area contributed by atoms with Crippen molar-refractivity contribution in [2.45, 2.75) is 0 Å². The lowest BCUT2D eigenvalue weighted by Gasteiger charge is -2.21. The van der Waals surface area contributed by atoms with E-state index in [0.29, 0.717) is 27.7 Å². The van der Waals surface area contributed by atoms with E-state index in [4.69, 9.17) is 17.3 Å². The predicted octanol–water partition coefficient (Wildman–Crippen LogP) is 11.5. The van der Waals surface area contributed by atoms with Crippen LogP contribution < -0.4 is 0 Å². The summed E-state index contributed by atoms with van der Waals surface area (Å²) in [6, 6.07) is 20.1. The summed E-state index contributed by atoms with van der Waals surface area (Å²) in [5.74, 6) is -0.00422. The van der Waals surface area contributed by atoms with Gasteiger partial charge in [-0.3, -0.25) is 4.57 Å². The van der Waals surface area contributed by atoms with Gasteiger partial charge in [0.25, 0.3) is 0 Å². The summed E-state index contributed by atoms with van der Waals surface area (Å²) in [6.07, 6.45) is 0. The van der Waals surface area contributed by atoms with Gasteiger partial charge in [0.15, 0.2) is 0 Å². The Hall–Kier alpha value is -5.99. The molecule has 2 heteroatoms. The molecule has 0 atom stereocenters. The fourth-order valence-electron chi connectivity index (χ4n) is 6.29. The van der Waals surface area contributed by atoms with Crippen molar-refractivity contribution in [1.82, 2.24) is 9.55 Å². The normalized spacial score (nSPS) is 15.6. The molecule has 8 aromatic carbocycles. The highest BCUT2D eigenvalue weighted by molar-refractivity contribution is 6.24. The summed E-state index contributed by atoms with van der Waals surface area (Å²) in [5, 5.41) is 1.62. The van der Waals surface area contributed by atoms with E-state index in [1.807, 2.05) is 30.3 Å². The number of imidazole rings is 1. The topological polar surface area (TPSA) is 17.8 Å². The molecule has 0 aliphatic rings. The Labute approximate surface area is 279 Å². The smallest absolute Gasteiger partial charge is 0.145 e. The number of aromatic nitrogens is 2. The van der Waals surface area contributed by atoms with Crippen molar-refractivity contribution in [3.05, 3.63) is 170 Å². The van der Waals surface area contributed by atoms with Crippen LogP contribution in [0.4, 0.5) is 0 Å². The Bertz CT molecular complexity index is 3170. The summed E-state index contributed by atoms with van der Waals surface area (Å²) in [5.41, 5.74) is 2.11. The molecule has 2 nitrogen and oxygen atoms in total. The molecular weight excluding hydrogens is 544 g/mol. The van der Waals surface area contributed by atoms with Crippen LogP contribution in [0.3, 0.4) is 0 Å². The second-order valence-corrected chi connectivity index (χ2v) is 10.6. The molecule has 0 N–H and O–H groups in total. The minimum Gasteiger partial charge on any atom is -0.292 e. The zero-order chi connectivity index (χ0) is 41.1. The van der Waals surface area contributed by atoms with Crippen LogP contribution in [0.1, 0.15) is 17.8 Å². The molecule has 0 fully saturated rings. The van der Waals surface area contributed by atoms with Gasteiger partial charge in [-0.15, -0.1) is 0 Å². The quantitative estimate of drug-likeness (QED) is 0.188. The number of hydrogen-bond acceptors (Lipinski definition) is 1. The molecule has 9 rings (SSSR count). The molecule has 0 amide bonds. The van der Waals surface area contributed by atoms with Gasteiger partial charge in [0, 0.05) is 11.1 Å². The standard InChI is InChI=1S/C43H28N2/c1-2-16-30(17-3-1)43-44-38-26-11-13-28-40(38)45(43)39-27-12-10-24-37(39)42-35-22-8-6-20-33(35)41(34-21-7-9-23-36(34)42)32-25-14-18-29-15-4-5-19-31(29)32/h1-28H/i1D,2D,3D,6D,7D,8D,9D,16D,17D,20D,21D,22D,23D. The number of rotatable bonds is 4. The lowest BCUT2D eigenvalue weighted by atomic mass is 9.84. The Morgan fingerprint density at radius 1 is 0.467 bits per heavy atom. The Balaban J connectivity index is 1.55. The van der Waals surface area contributed by atoms with Crippen LogP contribution in [-0.4, -0.2) is 9.55 Å². The van der Waals surface area contributed by atoms with Gasteiger partial charge in [0.2, 0.25) is 0 Å². The van der Waals surface area contributed by atoms with Gasteiger partial charge >= 0.3 is 0 Å². The Morgan fingerprint density at radius 3 is 1.78 bits per heavy atom. The van der Waals surface area contributed by atoms with Crippen molar-refractivity contribution >= 4 is 43.4 Å². The van der Waals surface area contributed by atoms with Crippen molar-refractivity contribution in [1.29, 1.82) is 0 Å². The molecule has 0 saturated carbocycles. The summed E-state index contributed by atoms with van der Waals surface area (Å²) < 4.78 is 118. The lowest BCUT2D eigenvalue weighted by molar-refractivity contribution is 1.10. The molecule has 0 radical (unpaired) electrons. The molecule has 0 aliphatic heterocycles. The van der Waals surface area contributed by atoms with Crippen LogP contribution >= 0.6 is 0 Å². The van der Waals surface area contributed by atoms with E-state index < -0.39 is 78.6 Å². The van der Waals surface area contributed by atoms with Crippen LogP contribution in [0.2, 0.25) is 0 Å². The molecule has 9 aromatic rings. The van der Waals surface area contributed by atoms with Crippen LogP contribution in [-0.2, 0) is 0 Å². The number of nitrogens with zero attached hydrogens (tertiary/aromatic N) is 2. The second kappa shape index (κ2) is 10.3. The maximum absolute atomic E-state index is 9.50. The first-order valence-electron chi connectivity index (χ1n) is 20.8. The van der Waals surface area contributed by atoms with Gasteiger partial charge in [0.05, 0.1) is 34.5 Å². The highest BCUT2D eigenvalue weighted by Gasteiger charge is 2.22. The summed E-state index contributed by atoms with van der Waals surface area (Å²) in [7, 11) is 0. The highest BCUT2D eigenvalue weighted by Crippen LogP contribution is 2.47. The molecule has 210 valence electrons. The predicted molar refractivity (Wildman–Crippen MR) is 190 cm³/mol. The van der Waals surface area contributed by atoms with Gasteiger partial charge in [-0.2, -0.15) is 0 Å². The van der Waals surface area contributed by atoms with E-state index in [1.54, 1.807) is 65.2 Å². The van der Waals surface area contributed by atoms with Gasteiger partial charge in [0.1, 0.15) is 5.82 Å². The molecule has 0 bridgehead atoms. The first kappa shape index (κ1) is 15.7. The molecule has 0 spiro atoms. The fourth-order valence-corrected chi connectivity index (χ4v) is 6.29. The van der Waals surface area contributed by atoms with E-state index in [9.17, 15) is 5.48 Å². The fraction of sp³-hybridized carbons (Fsp3) is 0. The molecule has 1 aromatic heterocycles. The van der Waals surface area contributed by atoms with Gasteiger partial charge < -0.3 is 0 Å². The Kier molecular flexibility index (Phi) is 3.59. The maximum Gasteiger partial charge on any atom is 0.145 e. The third kappa shape index (κ3) is 4.00. The van der Waals surface area contributed by atoms with Gasteiger partial charge in [-0.05, 0) is 67.2 Å². The van der Waals surface area contributed by atoms with Crippen LogP contribution in [0.15, 0.2) is 170 Å². The number of fused-ring (bicyclic) bond motifs is 4. The average molecular weight is 586 g/mol. The molecular formula is C43H28N2. The van der Waals surface area contributed by atoms with Crippen molar-refractivity contribution in [2.75, 3.05) is 0 Å². The van der Waals surface area contributed by atoms with Gasteiger partial charge in [-0.25, -0.2) is 4.98 Å². The monoisotopic (exact) mass is 585 g/mol. The third-order valence-corrected chi connectivity index (χ3v) is 8.13. The summed E-state index contributed by atoms with van der Waals surface area (Å²) in [6.45, 7) is 0. The minimum absolute atomic E-state index is 0.00422. The van der Waals surface area contributed by atoms with E-state index >= 15 is 0 Å². The first-order valence-corrected chi connectivity index (χ1v) is 14.3. The summed E-state index contributed by atoms with van der Waals surface area (Å²) in [4.78, 5) is 4.80. The van der Waals surface area contributed by atoms with E-state index in [1.165, 1.54) is 0 Å². The lowest BCUT2D eigenvalue weighted by Crippen LogP contribution is -2.01. The SMILES string of the molecule is [2H]c1c([2H])c([2H])c(-c2nc3ccccc3n2-c2ccccc2-c2c3c([2H])c([2H])c([2H])c([2H])c3c(-c3cccc4ccccc34)c3c([2H])c([2H])c([2H])c([2H])c23)c([2H])c1[2H]. The number of benzene rings is 8. The highest BCUT2D eigenvalue weighted by atomic mass is 15.1. The van der Waals surface area contributed by atoms with Gasteiger partial charge in [-0.1, -0.05) is 151 Å². The van der Waals surface area contributed by atoms with Crippen molar-refractivity contribution < 1.29 is 17.8 Å². The average Bonchev–Trinajstić information content (AvgIpc) is 3.62. The maximum atomic E-state index is 9.50. The van der Waals surface area contributed by atoms with E-state index in [2.05, 4.69) is 0 Å². The summed E-state index contributed by atoms with van der Waals surface area (Å²) >= 11 is 0. The molecule has 0 saturated heterocycles. The molecule has 45 heavy (non-hydrogen) atoms. The largest absolute Gasteiger partial charge is 0.292 e. The first-order chi connectivity index (χ1) is 27.8. The van der Waals surface area contributed by atoms with Crippen molar-refractivity contribution in [2.24, 2.45) is 0 Å². The minimum atomic E-state index is -0.575. The van der Waals surface area contributed by atoms with Crippen molar-refractivity contribution in [3.8, 4) is 39.3 Å². The number of hydrogen-bond donors (Lipinski definition) is 0. The van der Waals surface area contributed by atoms with Crippen LogP contribution in [0.5, 0.6) is 0 Å². The molecule has 0 aliphatic carbocycles. The molecule has 1 heterocycles. The second-order valence-electron chi connectivity index (χ2n) is 10.6. The zero-order valence-corrected chi connectivity index (χ0v) is 23.6. The van der Waals surface area contributed by atoms with Crippen LogP contribution in [0, 0.1) is 0 Å². The van der Waals surface area contributed by atoms with E-state index in [-0.39, 0.29) is 49.6 Å². The third-order valence-electron chi connectivity index (χ3n) is 8.13. The zero-order valence-electron chi connectivity index (χ0n) is 36.6. The Morgan fingerprint density at radius 2 is 1.02 bits per heavy atom. The van der Waals surface area contributed by atoms with Crippen molar-refractivity contribution in [3.63, 3.8) is 0 Å². The molecule has 0 unspecified atom stereocenters. The van der Waals surface area contributed by atoms with Crippen LogP contribution in [0.25, 0.3) is 82.7 Å². The van der Waals surface area contributed by atoms with E-state index in [0.717, 1.165) is 5.39 Å². The number of para-hydroxylation sites is 3.